The number of carbonyl (C=O) groups excluding carboxylic acids is 2. The van der Waals surface area contributed by atoms with Gasteiger partial charge in [0.05, 0.1) is 6.61 Å². The molecule has 0 bridgehead atoms. The minimum atomic E-state index is -1.54. The number of aromatic amines is 1. The van der Waals surface area contributed by atoms with Gasteiger partial charge in [0, 0.05) is 44.5 Å². The molecule has 0 unspecified atom stereocenters. The quantitative estimate of drug-likeness (QED) is 0.492. The molecule has 3 atom stereocenters. The molecule has 0 spiro atoms. The summed E-state index contributed by atoms with van der Waals surface area (Å²) in [5.74, 6) is -1.29. The van der Waals surface area contributed by atoms with Crippen LogP contribution in [-0.2, 0) is 4.74 Å². The van der Waals surface area contributed by atoms with E-state index in [2.05, 4.69) is 10.2 Å². The van der Waals surface area contributed by atoms with Crippen molar-refractivity contribution >= 4 is 11.8 Å². The van der Waals surface area contributed by atoms with E-state index in [1.165, 1.54) is 23.2 Å². The zero-order valence-corrected chi connectivity index (χ0v) is 18.1. The number of ether oxygens (including phenoxy) is 1. The Morgan fingerprint density at radius 1 is 0.970 bits per heavy atom. The molecule has 1 aromatic carbocycles. The summed E-state index contributed by atoms with van der Waals surface area (Å²) in [6.45, 7) is 0.430. The van der Waals surface area contributed by atoms with Crippen LogP contribution in [0.25, 0.3) is 0 Å². The minimum Gasteiger partial charge on any atom is -0.388 e. The molecule has 4 N–H and O–H groups in total. The van der Waals surface area contributed by atoms with Crippen LogP contribution < -0.4 is 0 Å². The number of benzene rings is 1. The summed E-state index contributed by atoms with van der Waals surface area (Å²) in [4.78, 5) is 28.8. The molecular weight excluding hydrogens is 435 g/mol. The van der Waals surface area contributed by atoms with Crippen LogP contribution in [-0.4, -0.2) is 105 Å². The van der Waals surface area contributed by atoms with Gasteiger partial charge in [0.25, 0.3) is 11.8 Å². The molecule has 2 aromatic rings. The first kappa shape index (κ1) is 24.8. The van der Waals surface area contributed by atoms with Crippen molar-refractivity contribution in [2.45, 2.75) is 31.2 Å². The fourth-order valence-corrected chi connectivity index (χ4v) is 3.55. The number of hydrogen-bond donors (Lipinski definition) is 4. The monoisotopic (exact) mass is 464 g/mol. The van der Waals surface area contributed by atoms with Crippen molar-refractivity contribution in [1.82, 2.24) is 20.0 Å². The molecule has 2 heterocycles. The van der Waals surface area contributed by atoms with E-state index in [4.69, 9.17) is 4.74 Å². The van der Waals surface area contributed by atoms with Gasteiger partial charge < -0.3 is 29.9 Å². The van der Waals surface area contributed by atoms with Crippen molar-refractivity contribution < 1.29 is 34.0 Å². The van der Waals surface area contributed by atoms with Crippen LogP contribution in [0.4, 0.5) is 4.39 Å². The molecule has 33 heavy (non-hydrogen) atoms. The fourth-order valence-electron chi connectivity index (χ4n) is 3.55. The summed E-state index contributed by atoms with van der Waals surface area (Å²) in [5.41, 5.74) is 0.497. The van der Waals surface area contributed by atoms with E-state index in [1.54, 1.807) is 11.0 Å². The van der Waals surface area contributed by atoms with Crippen molar-refractivity contribution in [1.29, 1.82) is 0 Å². The SMILES string of the molecule is O=C(c1ccc(F)cc1)N1CCN(C(=O)c2ccn[nH]2)CCCCOC[C@@H](O)[C@H](O)[C@@H](O)C1. The average molecular weight is 464 g/mol. The first-order chi connectivity index (χ1) is 15.9. The zero-order valence-electron chi connectivity index (χ0n) is 18.1. The predicted molar refractivity (Wildman–Crippen MR) is 115 cm³/mol. The van der Waals surface area contributed by atoms with Crippen LogP contribution in [0.15, 0.2) is 36.5 Å². The third-order valence-electron chi connectivity index (χ3n) is 5.49. The van der Waals surface area contributed by atoms with E-state index in [0.717, 1.165) is 12.1 Å². The van der Waals surface area contributed by atoms with Crippen LogP contribution in [0.1, 0.15) is 33.7 Å². The van der Waals surface area contributed by atoms with Crippen LogP contribution in [0.5, 0.6) is 0 Å². The molecule has 1 saturated heterocycles. The number of β-amino-alcohol motifs (C(OH)–C–C–N with tert-alkyl or cyclic N) is 1. The molecule has 1 aromatic heterocycles. The molecule has 1 fully saturated rings. The van der Waals surface area contributed by atoms with Crippen molar-refractivity contribution in [3.8, 4) is 0 Å². The topological polar surface area (TPSA) is 139 Å². The second-order valence-corrected chi connectivity index (χ2v) is 7.93. The molecule has 11 heteroatoms. The van der Waals surface area contributed by atoms with Gasteiger partial charge >= 0.3 is 0 Å². The standard InChI is InChI=1S/C22H29FN4O6/c23-16-5-3-15(4-6-16)21(31)27-11-10-26(22(32)17-7-8-24-25-17)9-1-2-12-33-14-19(29)20(30)18(28)13-27/h3-8,18-20,28-30H,1-2,9-14H2,(H,24,25)/t18-,19+,20+/m0/s1. The highest BCUT2D eigenvalue weighted by atomic mass is 19.1. The van der Waals surface area contributed by atoms with Crippen LogP contribution in [0.2, 0.25) is 0 Å². The van der Waals surface area contributed by atoms with Gasteiger partial charge in [-0.25, -0.2) is 4.39 Å². The van der Waals surface area contributed by atoms with Gasteiger partial charge in [-0.3, -0.25) is 14.7 Å². The lowest BCUT2D eigenvalue weighted by atomic mass is 10.1. The Kier molecular flexibility index (Phi) is 8.89. The van der Waals surface area contributed by atoms with Crippen LogP contribution >= 0.6 is 0 Å². The average Bonchev–Trinajstić information content (AvgIpc) is 3.35. The molecular formula is C22H29FN4O6. The molecule has 0 radical (unpaired) electrons. The lowest BCUT2D eigenvalue weighted by Gasteiger charge is -2.32. The Bertz CT molecular complexity index is 895. The van der Waals surface area contributed by atoms with Crippen LogP contribution in [0, 0.1) is 5.82 Å². The lowest BCUT2D eigenvalue weighted by molar-refractivity contribution is -0.0932. The summed E-state index contributed by atoms with van der Waals surface area (Å²) in [6.07, 6.45) is -1.64. The van der Waals surface area contributed by atoms with Crippen molar-refractivity contribution in [2.75, 3.05) is 39.4 Å². The molecule has 180 valence electrons. The minimum absolute atomic E-state index is 0.0481. The number of H-pyrrole nitrogens is 1. The summed E-state index contributed by atoms with van der Waals surface area (Å²) in [6, 6.07) is 6.50. The van der Waals surface area contributed by atoms with Gasteiger partial charge in [0.2, 0.25) is 0 Å². The third-order valence-corrected chi connectivity index (χ3v) is 5.49. The predicted octanol–water partition coefficient (Wildman–Crippen LogP) is 0.0265. The van der Waals surface area contributed by atoms with Crippen LogP contribution in [0.3, 0.4) is 0 Å². The molecule has 0 saturated carbocycles. The number of nitrogens with one attached hydrogen (secondary N) is 1. The van der Waals surface area contributed by atoms with E-state index in [0.29, 0.717) is 31.7 Å². The number of aliphatic hydroxyl groups excluding tert-OH is 3. The maximum atomic E-state index is 13.3. The van der Waals surface area contributed by atoms with Gasteiger partial charge in [-0.1, -0.05) is 0 Å². The maximum absolute atomic E-state index is 13.3. The highest BCUT2D eigenvalue weighted by Crippen LogP contribution is 2.12. The Morgan fingerprint density at radius 2 is 1.70 bits per heavy atom. The second-order valence-electron chi connectivity index (χ2n) is 7.93. The Hall–Kier alpha value is -2.86. The van der Waals surface area contributed by atoms with Gasteiger partial charge in [-0.05, 0) is 43.2 Å². The number of hydrogen-bond acceptors (Lipinski definition) is 7. The number of aliphatic hydroxyl groups is 3. The maximum Gasteiger partial charge on any atom is 0.271 e. The third kappa shape index (κ3) is 6.81. The summed E-state index contributed by atoms with van der Waals surface area (Å²) >= 11 is 0. The van der Waals surface area contributed by atoms with E-state index in [1.807, 2.05) is 0 Å². The summed E-state index contributed by atoms with van der Waals surface area (Å²) in [5, 5.41) is 37.3. The second kappa shape index (κ2) is 11.8. The normalized spacial score (nSPS) is 23.7. The van der Waals surface area contributed by atoms with Crippen molar-refractivity contribution in [3.05, 3.63) is 53.6 Å². The molecule has 2 amide bonds. The Labute approximate surface area is 190 Å². The van der Waals surface area contributed by atoms with Crippen molar-refractivity contribution in [2.24, 2.45) is 0 Å². The highest BCUT2D eigenvalue weighted by molar-refractivity contribution is 5.94. The largest absolute Gasteiger partial charge is 0.388 e. The fraction of sp³-hybridized carbons (Fsp3) is 0.500. The molecule has 10 nitrogen and oxygen atoms in total. The zero-order chi connectivity index (χ0) is 23.8. The van der Waals surface area contributed by atoms with Gasteiger partial charge in [-0.15, -0.1) is 0 Å². The first-order valence-corrected chi connectivity index (χ1v) is 10.8. The number of carbonyl (C=O) groups is 2. The van der Waals surface area contributed by atoms with E-state index in [-0.39, 0.29) is 37.7 Å². The van der Waals surface area contributed by atoms with E-state index < -0.39 is 30.0 Å². The Morgan fingerprint density at radius 3 is 2.39 bits per heavy atom. The van der Waals surface area contributed by atoms with Crippen molar-refractivity contribution in [3.63, 3.8) is 0 Å². The van der Waals surface area contributed by atoms with E-state index in [9.17, 15) is 29.3 Å². The smallest absolute Gasteiger partial charge is 0.271 e. The van der Waals surface area contributed by atoms with Gasteiger partial charge in [-0.2, -0.15) is 5.10 Å². The highest BCUT2D eigenvalue weighted by Gasteiger charge is 2.29. The number of rotatable bonds is 2. The van der Waals surface area contributed by atoms with Gasteiger partial charge in [0.15, 0.2) is 0 Å². The first-order valence-electron chi connectivity index (χ1n) is 10.8. The van der Waals surface area contributed by atoms with Gasteiger partial charge in [0.1, 0.15) is 29.8 Å². The molecule has 3 rings (SSSR count). The number of halogens is 1. The molecule has 0 aliphatic carbocycles. The summed E-state index contributed by atoms with van der Waals surface area (Å²) < 4.78 is 18.7. The van der Waals surface area contributed by atoms with E-state index >= 15 is 0 Å². The lowest BCUT2D eigenvalue weighted by Crippen LogP contribution is -2.50. The summed E-state index contributed by atoms with van der Waals surface area (Å²) in [7, 11) is 0. The molecule has 1 aliphatic rings. The Balaban J connectivity index is 1.82. The molecule has 1 aliphatic heterocycles. The number of amides is 2. The number of aromatic nitrogens is 2. The number of nitrogens with zero attached hydrogens (tertiary/aromatic N) is 3.